The summed E-state index contributed by atoms with van der Waals surface area (Å²) in [5.74, 6) is 0. The molecule has 0 aliphatic carbocycles. The van der Waals surface area contributed by atoms with Crippen molar-refractivity contribution in [2.75, 3.05) is 38.7 Å². The SMILES string of the molecule is COC(C)(C)CCN1CCC(OCCBr)CC1. The predicted molar refractivity (Wildman–Crippen MR) is 74.9 cm³/mol. The summed E-state index contributed by atoms with van der Waals surface area (Å²) in [6.45, 7) is 8.59. The Labute approximate surface area is 114 Å². The molecule has 3 nitrogen and oxygen atoms in total. The third-order valence-corrected chi connectivity index (χ3v) is 3.87. The lowest BCUT2D eigenvalue weighted by Gasteiger charge is -2.34. The quantitative estimate of drug-likeness (QED) is 0.675. The maximum Gasteiger partial charge on any atom is 0.0634 e. The maximum absolute atomic E-state index is 5.75. The summed E-state index contributed by atoms with van der Waals surface area (Å²) in [5.41, 5.74) is 0.00328. The number of alkyl halides is 1. The van der Waals surface area contributed by atoms with Gasteiger partial charge in [-0.25, -0.2) is 0 Å². The molecule has 102 valence electrons. The molecule has 1 fully saturated rings. The molecule has 1 rings (SSSR count). The number of ether oxygens (including phenoxy) is 2. The van der Waals surface area contributed by atoms with E-state index in [4.69, 9.17) is 9.47 Å². The minimum absolute atomic E-state index is 0.00328. The molecule has 0 aromatic heterocycles. The van der Waals surface area contributed by atoms with E-state index in [2.05, 4.69) is 34.7 Å². The molecule has 4 heteroatoms. The van der Waals surface area contributed by atoms with E-state index >= 15 is 0 Å². The molecule has 0 bridgehead atoms. The molecule has 0 amide bonds. The monoisotopic (exact) mass is 307 g/mol. The average Bonchev–Trinajstić information content (AvgIpc) is 2.35. The van der Waals surface area contributed by atoms with Gasteiger partial charge in [-0.2, -0.15) is 0 Å². The lowest BCUT2D eigenvalue weighted by molar-refractivity contribution is -0.00901. The van der Waals surface area contributed by atoms with Gasteiger partial charge in [-0.3, -0.25) is 0 Å². The van der Waals surface area contributed by atoms with Gasteiger partial charge in [-0.05, 0) is 33.1 Å². The van der Waals surface area contributed by atoms with Crippen LogP contribution in [0.1, 0.15) is 33.1 Å². The lowest BCUT2D eigenvalue weighted by atomic mass is 10.0. The molecule has 0 aromatic rings. The Morgan fingerprint density at radius 3 is 2.47 bits per heavy atom. The van der Waals surface area contributed by atoms with E-state index in [-0.39, 0.29) is 5.60 Å². The van der Waals surface area contributed by atoms with Gasteiger partial charge in [0.05, 0.1) is 18.3 Å². The minimum atomic E-state index is 0.00328. The Morgan fingerprint density at radius 2 is 1.94 bits per heavy atom. The third-order valence-electron chi connectivity index (χ3n) is 3.55. The fraction of sp³-hybridized carbons (Fsp3) is 1.00. The van der Waals surface area contributed by atoms with Crippen molar-refractivity contribution in [3.05, 3.63) is 0 Å². The fourth-order valence-electron chi connectivity index (χ4n) is 2.04. The van der Waals surface area contributed by atoms with Crippen LogP contribution in [0.5, 0.6) is 0 Å². The number of hydrogen-bond acceptors (Lipinski definition) is 3. The van der Waals surface area contributed by atoms with Crippen LogP contribution in [0, 0.1) is 0 Å². The fourth-order valence-corrected chi connectivity index (χ4v) is 2.23. The van der Waals surface area contributed by atoms with Crippen molar-refractivity contribution in [3.63, 3.8) is 0 Å². The van der Waals surface area contributed by atoms with Crippen LogP contribution in [0.4, 0.5) is 0 Å². The van der Waals surface area contributed by atoms with Gasteiger partial charge in [-0.1, -0.05) is 15.9 Å². The van der Waals surface area contributed by atoms with Crippen LogP contribution in [0.3, 0.4) is 0 Å². The van der Waals surface area contributed by atoms with Crippen molar-refractivity contribution >= 4 is 15.9 Å². The first-order valence-electron chi connectivity index (χ1n) is 6.52. The molecule has 0 N–H and O–H groups in total. The Balaban J connectivity index is 2.15. The molecule has 0 spiro atoms. The Morgan fingerprint density at radius 1 is 1.29 bits per heavy atom. The lowest BCUT2D eigenvalue weighted by Crippen LogP contribution is -2.40. The van der Waals surface area contributed by atoms with Crippen molar-refractivity contribution in [2.45, 2.75) is 44.8 Å². The van der Waals surface area contributed by atoms with Gasteiger partial charge in [0.1, 0.15) is 0 Å². The van der Waals surface area contributed by atoms with Gasteiger partial charge in [-0.15, -0.1) is 0 Å². The average molecular weight is 308 g/mol. The summed E-state index contributed by atoms with van der Waals surface area (Å²) < 4.78 is 11.2. The summed E-state index contributed by atoms with van der Waals surface area (Å²) >= 11 is 3.39. The van der Waals surface area contributed by atoms with Gasteiger partial charge in [0, 0.05) is 32.1 Å². The molecule has 0 saturated carbocycles. The zero-order valence-corrected chi connectivity index (χ0v) is 13.0. The standard InChI is InChI=1S/C13H26BrNO2/c1-13(2,16-3)6-10-15-8-4-12(5-9-15)17-11-7-14/h12H,4-11H2,1-3H3. The highest BCUT2D eigenvalue weighted by atomic mass is 79.9. The normalized spacial score (nSPS) is 19.8. The molecule has 17 heavy (non-hydrogen) atoms. The van der Waals surface area contributed by atoms with Crippen LogP contribution >= 0.6 is 15.9 Å². The second kappa shape index (κ2) is 7.72. The zero-order chi connectivity index (χ0) is 12.7. The van der Waals surface area contributed by atoms with Crippen molar-refractivity contribution in [1.29, 1.82) is 0 Å². The summed E-state index contributed by atoms with van der Waals surface area (Å²) in [6.07, 6.45) is 3.90. The van der Waals surface area contributed by atoms with Gasteiger partial charge in [0.2, 0.25) is 0 Å². The van der Waals surface area contributed by atoms with E-state index in [1.807, 2.05) is 0 Å². The van der Waals surface area contributed by atoms with Crippen LogP contribution in [0.25, 0.3) is 0 Å². The van der Waals surface area contributed by atoms with Gasteiger partial charge >= 0.3 is 0 Å². The topological polar surface area (TPSA) is 21.7 Å². The molecule has 1 aliphatic rings. The van der Waals surface area contributed by atoms with Crippen LogP contribution in [0.2, 0.25) is 0 Å². The highest BCUT2D eigenvalue weighted by Crippen LogP contribution is 2.18. The van der Waals surface area contributed by atoms with Crippen molar-refractivity contribution in [2.24, 2.45) is 0 Å². The maximum atomic E-state index is 5.75. The van der Waals surface area contributed by atoms with Crippen LogP contribution < -0.4 is 0 Å². The Bertz CT molecular complexity index is 204. The predicted octanol–water partition coefficient (Wildman–Crippen LogP) is 2.68. The van der Waals surface area contributed by atoms with Crippen LogP contribution in [0.15, 0.2) is 0 Å². The minimum Gasteiger partial charge on any atom is -0.379 e. The zero-order valence-electron chi connectivity index (χ0n) is 11.4. The molecule has 0 atom stereocenters. The Hall–Kier alpha value is 0.360. The van der Waals surface area contributed by atoms with E-state index in [0.29, 0.717) is 6.10 Å². The second-order valence-corrected chi connectivity index (χ2v) is 6.11. The summed E-state index contributed by atoms with van der Waals surface area (Å²) in [6, 6.07) is 0. The van der Waals surface area contributed by atoms with E-state index in [1.54, 1.807) is 7.11 Å². The molecule has 1 aliphatic heterocycles. The molecule has 0 unspecified atom stereocenters. The number of nitrogens with zero attached hydrogens (tertiary/aromatic N) is 1. The number of piperidine rings is 1. The summed E-state index contributed by atoms with van der Waals surface area (Å²) in [4.78, 5) is 2.52. The molecular formula is C13H26BrNO2. The molecule has 1 heterocycles. The Kier molecular flexibility index (Phi) is 7.00. The first kappa shape index (κ1) is 15.4. The largest absolute Gasteiger partial charge is 0.379 e. The first-order chi connectivity index (χ1) is 8.07. The molecular weight excluding hydrogens is 282 g/mol. The number of methoxy groups -OCH3 is 1. The highest BCUT2D eigenvalue weighted by Gasteiger charge is 2.22. The van der Waals surface area contributed by atoms with Crippen molar-refractivity contribution in [1.82, 2.24) is 4.90 Å². The van der Waals surface area contributed by atoms with Gasteiger partial charge in [0.25, 0.3) is 0 Å². The molecule has 1 saturated heterocycles. The molecule has 0 aromatic carbocycles. The van der Waals surface area contributed by atoms with Crippen molar-refractivity contribution < 1.29 is 9.47 Å². The third kappa shape index (κ3) is 6.18. The van der Waals surface area contributed by atoms with E-state index in [1.165, 1.54) is 12.8 Å². The van der Waals surface area contributed by atoms with Gasteiger partial charge in [0.15, 0.2) is 0 Å². The summed E-state index contributed by atoms with van der Waals surface area (Å²) in [5, 5.41) is 0.940. The van der Waals surface area contributed by atoms with Crippen LogP contribution in [-0.2, 0) is 9.47 Å². The van der Waals surface area contributed by atoms with E-state index in [9.17, 15) is 0 Å². The molecule has 0 radical (unpaired) electrons. The number of hydrogen-bond donors (Lipinski definition) is 0. The van der Waals surface area contributed by atoms with E-state index in [0.717, 1.165) is 38.0 Å². The van der Waals surface area contributed by atoms with E-state index < -0.39 is 0 Å². The smallest absolute Gasteiger partial charge is 0.0634 e. The van der Waals surface area contributed by atoms with Crippen molar-refractivity contribution in [3.8, 4) is 0 Å². The number of likely N-dealkylation sites (tertiary alicyclic amines) is 1. The number of rotatable bonds is 7. The second-order valence-electron chi connectivity index (χ2n) is 5.31. The highest BCUT2D eigenvalue weighted by molar-refractivity contribution is 9.09. The van der Waals surface area contributed by atoms with Gasteiger partial charge < -0.3 is 14.4 Å². The summed E-state index contributed by atoms with van der Waals surface area (Å²) in [7, 11) is 1.79. The number of halogens is 1. The first-order valence-corrected chi connectivity index (χ1v) is 7.64. The van der Waals surface area contributed by atoms with Crippen LogP contribution in [-0.4, -0.2) is 55.3 Å².